The van der Waals surface area contributed by atoms with Gasteiger partial charge >= 0.3 is 0 Å². The number of alkyl halides is 1. The fraction of sp³-hybridized carbons (Fsp3) is 0.846. The first-order chi connectivity index (χ1) is 7.79. The summed E-state index contributed by atoms with van der Waals surface area (Å²) >= 11 is 8.23. The van der Waals surface area contributed by atoms with E-state index in [0.29, 0.717) is 0 Å². The normalized spacial score (nSPS) is 29.1. The maximum absolute atomic E-state index is 6.08. The molecule has 2 aliphatic rings. The summed E-state index contributed by atoms with van der Waals surface area (Å²) in [5.74, 6) is 1.75. The fourth-order valence-electron chi connectivity index (χ4n) is 2.71. The molecule has 1 nitrogen and oxygen atoms in total. The van der Waals surface area contributed by atoms with Crippen molar-refractivity contribution in [3.63, 3.8) is 0 Å². The van der Waals surface area contributed by atoms with Crippen molar-refractivity contribution in [3.05, 3.63) is 11.1 Å². The highest BCUT2D eigenvalue weighted by Gasteiger charge is 2.33. The van der Waals surface area contributed by atoms with Gasteiger partial charge in [-0.2, -0.15) is 0 Å². The first kappa shape index (κ1) is 14.8. The summed E-state index contributed by atoms with van der Waals surface area (Å²) in [6, 6.07) is 0. The predicted molar refractivity (Wildman–Crippen MR) is 81.4 cm³/mol. The molecule has 0 bridgehead atoms. The zero-order chi connectivity index (χ0) is 12.0. The Morgan fingerprint density at radius 1 is 1.38 bits per heavy atom. The molecule has 1 fully saturated rings. The summed E-state index contributed by atoms with van der Waals surface area (Å²) in [6.07, 6.45) is 7.23. The van der Waals surface area contributed by atoms with Crippen molar-refractivity contribution in [1.29, 1.82) is 0 Å². The summed E-state index contributed by atoms with van der Waals surface area (Å²) in [6.45, 7) is 6.16. The number of hydrogen-bond acceptors (Lipinski definition) is 1. The molecule has 0 N–H and O–H groups in total. The van der Waals surface area contributed by atoms with Crippen LogP contribution in [-0.4, -0.2) is 29.5 Å². The van der Waals surface area contributed by atoms with E-state index in [1.165, 1.54) is 38.9 Å². The molecule has 94 valence electrons. The molecule has 1 heterocycles. The first-order valence-electron chi connectivity index (χ1n) is 6.24. The molecule has 1 aliphatic heterocycles. The van der Waals surface area contributed by atoms with Crippen LogP contribution in [0.5, 0.6) is 0 Å². The Labute approximate surface area is 119 Å². The third kappa shape index (κ3) is 4.19. The lowest BCUT2D eigenvalue weighted by atomic mass is 9.86. The van der Waals surface area contributed by atoms with Gasteiger partial charge in [-0.3, -0.25) is 0 Å². The highest BCUT2D eigenvalue weighted by Crippen LogP contribution is 2.36. The monoisotopic (exact) mass is 355 g/mol. The molecule has 16 heavy (non-hydrogen) atoms. The summed E-state index contributed by atoms with van der Waals surface area (Å²) in [5.41, 5.74) is 0. The molecule has 0 saturated carbocycles. The van der Waals surface area contributed by atoms with Crippen LogP contribution in [0.25, 0.3) is 0 Å². The molecule has 2 rings (SSSR count). The summed E-state index contributed by atoms with van der Waals surface area (Å²) in [5, 5.41) is 1.10. The van der Waals surface area contributed by atoms with Gasteiger partial charge in [-0.05, 0) is 42.6 Å². The number of unbranched alkanes of at least 4 members (excludes halogenated alkanes) is 1. The van der Waals surface area contributed by atoms with Crippen LogP contribution >= 0.6 is 34.2 Å². The van der Waals surface area contributed by atoms with E-state index in [1.54, 1.807) is 0 Å². The number of allylic oxidation sites excluding steroid dienone is 2. The maximum atomic E-state index is 6.08. The molecule has 0 aromatic carbocycles. The van der Waals surface area contributed by atoms with Crippen LogP contribution < -0.4 is 0 Å². The van der Waals surface area contributed by atoms with Crippen molar-refractivity contribution in [2.45, 2.75) is 32.6 Å². The summed E-state index contributed by atoms with van der Waals surface area (Å²) < 4.78 is 0. The average Bonchev–Trinajstić information content (AvgIpc) is 2.71. The number of likely N-dealkylation sites (tertiary alicyclic amines) is 1. The van der Waals surface area contributed by atoms with Gasteiger partial charge in [-0.25, -0.2) is 0 Å². The van der Waals surface area contributed by atoms with Crippen molar-refractivity contribution in [2.75, 3.05) is 24.6 Å². The number of halogens is 2. The second-order valence-corrected chi connectivity index (χ2v) is 5.21. The molecule has 0 radical (unpaired) electrons. The SMILES string of the molecule is CCCCN1CC2CC=C(Cl)CC2C1.CI. The second-order valence-electron chi connectivity index (χ2n) is 4.72. The van der Waals surface area contributed by atoms with Crippen LogP contribution in [0, 0.1) is 11.8 Å². The quantitative estimate of drug-likeness (QED) is 0.539. The Morgan fingerprint density at radius 2 is 2.06 bits per heavy atom. The summed E-state index contributed by atoms with van der Waals surface area (Å²) in [4.78, 5) is 4.60. The third-order valence-electron chi connectivity index (χ3n) is 3.58. The van der Waals surface area contributed by atoms with Crippen LogP contribution in [0.4, 0.5) is 0 Å². The zero-order valence-corrected chi connectivity index (χ0v) is 13.3. The Balaban J connectivity index is 0.000000606. The van der Waals surface area contributed by atoms with Gasteiger partial charge in [0.05, 0.1) is 0 Å². The van der Waals surface area contributed by atoms with Crippen molar-refractivity contribution < 1.29 is 0 Å². The molecule has 3 heteroatoms. The minimum absolute atomic E-state index is 0.851. The molecule has 0 aromatic rings. The first-order valence-corrected chi connectivity index (χ1v) is 8.78. The lowest BCUT2D eigenvalue weighted by Crippen LogP contribution is -2.21. The van der Waals surface area contributed by atoms with E-state index in [0.717, 1.165) is 23.3 Å². The average molecular weight is 356 g/mol. The molecule has 2 unspecified atom stereocenters. The molecule has 1 saturated heterocycles. The van der Waals surface area contributed by atoms with E-state index in [2.05, 4.69) is 40.5 Å². The van der Waals surface area contributed by atoms with E-state index in [4.69, 9.17) is 11.6 Å². The molecule has 2 atom stereocenters. The van der Waals surface area contributed by atoms with E-state index < -0.39 is 0 Å². The highest BCUT2D eigenvalue weighted by molar-refractivity contribution is 14.1. The van der Waals surface area contributed by atoms with Crippen LogP contribution in [0.15, 0.2) is 11.1 Å². The molecular formula is C13H23ClIN. The van der Waals surface area contributed by atoms with Gasteiger partial charge in [0.25, 0.3) is 0 Å². The van der Waals surface area contributed by atoms with Crippen molar-refractivity contribution in [3.8, 4) is 0 Å². The Bertz CT molecular complexity index is 230. The van der Waals surface area contributed by atoms with E-state index in [-0.39, 0.29) is 0 Å². The predicted octanol–water partition coefficient (Wildman–Crippen LogP) is 4.30. The molecule has 0 spiro atoms. The second kappa shape index (κ2) is 7.93. The van der Waals surface area contributed by atoms with Crippen molar-refractivity contribution in [2.24, 2.45) is 11.8 Å². The number of hydrogen-bond donors (Lipinski definition) is 0. The van der Waals surface area contributed by atoms with Crippen molar-refractivity contribution in [1.82, 2.24) is 4.90 Å². The summed E-state index contributed by atoms with van der Waals surface area (Å²) in [7, 11) is 0. The molecular weight excluding hydrogens is 333 g/mol. The highest BCUT2D eigenvalue weighted by atomic mass is 127. The van der Waals surface area contributed by atoms with E-state index >= 15 is 0 Å². The molecule has 0 amide bonds. The van der Waals surface area contributed by atoms with Crippen LogP contribution in [0.1, 0.15) is 32.6 Å². The van der Waals surface area contributed by atoms with Crippen LogP contribution in [0.2, 0.25) is 0 Å². The van der Waals surface area contributed by atoms with Gasteiger partial charge in [0.1, 0.15) is 0 Å². The largest absolute Gasteiger partial charge is 0.303 e. The smallest absolute Gasteiger partial charge is 0.0144 e. The third-order valence-corrected chi connectivity index (χ3v) is 3.89. The standard InChI is InChI=1S/C12H20ClN.CH3I/c1-2-3-6-14-8-10-4-5-12(13)7-11(10)9-14;1-2/h5,10-11H,2-4,6-9H2,1H3;1H3. The Kier molecular flexibility index (Phi) is 7.33. The van der Waals surface area contributed by atoms with Gasteiger partial charge < -0.3 is 4.90 Å². The number of rotatable bonds is 3. The Morgan fingerprint density at radius 3 is 2.75 bits per heavy atom. The molecule has 1 aliphatic carbocycles. The Hall–Kier alpha value is 0.720. The van der Waals surface area contributed by atoms with E-state index in [9.17, 15) is 0 Å². The van der Waals surface area contributed by atoms with Gasteiger partial charge in [0.15, 0.2) is 0 Å². The fourth-order valence-corrected chi connectivity index (χ4v) is 3.00. The van der Waals surface area contributed by atoms with Gasteiger partial charge in [-0.15, -0.1) is 0 Å². The number of nitrogens with zero attached hydrogens (tertiary/aromatic N) is 1. The van der Waals surface area contributed by atoms with Gasteiger partial charge in [0, 0.05) is 18.1 Å². The van der Waals surface area contributed by atoms with Crippen molar-refractivity contribution >= 4 is 34.2 Å². The van der Waals surface area contributed by atoms with Crippen LogP contribution in [-0.2, 0) is 0 Å². The lowest BCUT2D eigenvalue weighted by molar-refractivity contribution is 0.316. The number of fused-ring (bicyclic) bond motifs is 1. The van der Waals surface area contributed by atoms with Crippen LogP contribution in [0.3, 0.4) is 0 Å². The zero-order valence-electron chi connectivity index (χ0n) is 10.4. The maximum Gasteiger partial charge on any atom is 0.0144 e. The van der Waals surface area contributed by atoms with Gasteiger partial charge in [-0.1, -0.05) is 53.6 Å². The van der Waals surface area contributed by atoms with Gasteiger partial charge in [0.2, 0.25) is 0 Å². The minimum atomic E-state index is 0.851. The van der Waals surface area contributed by atoms with E-state index in [1.807, 2.05) is 4.93 Å². The topological polar surface area (TPSA) is 3.24 Å². The lowest BCUT2D eigenvalue weighted by Gasteiger charge is -2.20. The molecule has 0 aromatic heterocycles. The minimum Gasteiger partial charge on any atom is -0.303 e.